The molecule has 0 heterocycles. The van der Waals surface area contributed by atoms with E-state index in [4.69, 9.17) is 11.6 Å². The Hall–Kier alpha value is -0.670. The van der Waals surface area contributed by atoms with E-state index in [0.29, 0.717) is 18.0 Å². The molecule has 1 rings (SSSR count). The van der Waals surface area contributed by atoms with E-state index in [-0.39, 0.29) is 11.1 Å². The van der Waals surface area contributed by atoms with E-state index < -0.39 is 11.6 Å². The molecular formula is C13H18ClF2N. The van der Waals surface area contributed by atoms with Crippen molar-refractivity contribution in [1.82, 2.24) is 5.32 Å². The highest BCUT2D eigenvalue weighted by Crippen LogP contribution is 2.27. The molecule has 0 aliphatic heterocycles. The average Bonchev–Trinajstić information content (AvgIpc) is 2.22. The van der Waals surface area contributed by atoms with E-state index in [1.165, 1.54) is 6.07 Å². The first-order valence-electron chi connectivity index (χ1n) is 5.83. The molecule has 1 unspecified atom stereocenters. The van der Waals surface area contributed by atoms with Crippen molar-refractivity contribution in [2.45, 2.75) is 33.2 Å². The van der Waals surface area contributed by atoms with E-state index in [0.717, 1.165) is 12.5 Å². The lowest BCUT2D eigenvalue weighted by atomic mass is 9.96. The average molecular weight is 262 g/mol. The first kappa shape index (κ1) is 14.4. The molecular weight excluding hydrogens is 244 g/mol. The number of hydrogen-bond donors (Lipinski definition) is 1. The highest BCUT2D eigenvalue weighted by atomic mass is 35.5. The Morgan fingerprint density at radius 3 is 2.41 bits per heavy atom. The van der Waals surface area contributed by atoms with E-state index in [1.807, 2.05) is 6.92 Å². The molecule has 1 aromatic carbocycles. The minimum atomic E-state index is -0.574. The molecule has 4 heteroatoms. The van der Waals surface area contributed by atoms with Crippen molar-refractivity contribution >= 4 is 11.6 Å². The summed E-state index contributed by atoms with van der Waals surface area (Å²) in [7, 11) is 0. The second-order valence-corrected chi connectivity index (χ2v) is 4.93. The Bertz CT molecular complexity index is 380. The van der Waals surface area contributed by atoms with Crippen LogP contribution in [0.1, 0.15) is 38.8 Å². The molecule has 1 nitrogen and oxygen atoms in total. The van der Waals surface area contributed by atoms with Crippen LogP contribution in [0, 0.1) is 17.6 Å². The maximum atomic E-state index is 13.8. The van der Waals surface area contributed by atoms with Crippen LogP contribution in [0.3, 0.4) is 0 Å². The lowest BCUT2D eigenvalue weighted by Gasteiger charge is -2.21. The Balaban J connectivity index is 3.04. The van der Waals surface area contributed by atoms with E-state index in [2.05, 4.69) is 19.2 Å². The summed E-state index contributed by atoms with van der Waals surface area (Å²) < 4.78 is 27.1. The summed E-state index contributed by atoms with van der Waals surface area (Å²) in [5.41, 5.74) is 0.349. The summed E-state index contributed by atoms with van der Waals surface area (Å²) in [6.45, 7) is 6.75. The van der Waals surface area contributed by atoms with Gasteiger partial charge < -0.3 is 5.32 Å². The van der Waals surface area contributed by atoms with Crippen LogP contribution < -0.4 is 5.32 Å². The largest absolute Gasteiger partial charge is 0.310 e. The summed E-state index contributed by atoms with van der Waals surface area (Å²) in [5.74, 6) is -0.630. The van der Waals surface area contributed by atoms with Crippen LogP contribution in [0.15, 0.2) is 12.1 Å². The summed E-state index contributed by atoms with van der Waals surface area (Å²) in [4.78, 5) is 0. The highest BCUT2D eigenvalue weighted by molar-refractivity contribution is 6.30. The molecule has 0 saturated carbocycles. The SMILES string of the molecule is CCNC(CC(C)C)c1cc(F)c(Cl)cc1F. The Morgan fingerprint density at radius 2 is 1.88 bits per heavy atom. The topological polar surface area (TPSA) is 12.0 Å². The Morgan fingerprint density at radius 1 is 1.24 bits per heavy atom. The quantitative estimate of drug-likeness (QED) is 0.779. The van der Waals surface area contributed by atoms with Crippen molar-refractivity contribution in [3.8, 4) is 0 Å². The fraction of sp³-hybridized carbons (Fsp3) is 0.538. The van der Waals surface area contributed by atoms with Gasteiger partial charge in [0.15, 0.2) is 0 Å². The normalized spacial score (nSPS) is 13.1. The third-order valence-corrected chi connectivity index (χ3v) is 2.86. The minimum Gasteiger partial charge on any atom is -0.310 e. The van der Waals surface area contributed by atoms with Crippen molar-refractivity contribution in [3.05, 3.63) is 34.4 Å². The van der Waals surface area contributed by atoms with Crippen LogP contribution in [0.2, 0.25) is 5.02 Å². The monoisotopic (exact) mass is 261 g/mol. The molecule has 0 aromatic heterocycles. The van der Waals surface area contributed by atoms with Gasteiger partial charge in [0.1, 0.15) is 11.6 Å². The second kappa shape index (κ2) is 6.31. The van der Waals surface area contributed by atoms with Gasteiger partial charge in [0.2, 0.25) is 0 Å². The molecule has 0 fully saturated rings. The summed E-state index contributed by atoms with van der Waals surface area (Å²) in [5, 5.41) is 2.99. The molecule has 0 aliphatic rings. The molecule has 1 aromatic rings. The first-order valence-corrected chi connectivity index (χ1v) is 6.21. The lowest BCUT2D eigenvalue weighted by molar-refractivity contribution is 0.421. The molecule has 0 amide bonds. The van der Waals surface area contributed by atoms with Crippen LogP contribution in [-0.2, 0) is 0 Å². The predicted molar refractivity (Wildman–Crippen MR) is 67.2 cm³/mol. The van der Waals surface area contributed by atoms with Gasteiger partial charge in [-0.05, 0) is 31.0 Å². The standard InChI is InChI=1S/C13H18ClF2N/c1-4-17-13(5-8(2)3)9-6-12(16)10(14)7-11(9)15/h6-8,13,17H,4-5H2,1-3H3. The molecule has 1 N–H and O–H groups in total. The molecule has 0 spiro atoms. The van der Waals surface area contributed by atoms with Crippen LogP contribution in [0.5, 0.6) is 0 Å². The fourth-order valence-electron chi connectivity index (χ4n) is 1.84. The van der Waals surface area contributed by atoms with Gasteiger partial charge in [-0.15, -0.1) is 0 Å². The molecule has 17 heavy (non-hydrogen) atoms. The highest BCUT2D eigenvalue weighted by Gasteiger charge is 2.18. The lowest BCUT2D eigenvalue weighted by Crippen LogP contribution is -2.23. The Kier molecular flexibility index (Phi) is 5.34. The van der Waals surface area contributed by atoms with Gasteiger partial charge in [-0.25, -0.2) is 8.78 Å². The zero-order chi connectivity index (χ0) is 13.0. The number of nitrogens with one attached hydrogen (secondary N) is 1. The predicted octanol–water partition coefficient (Wildman–Crippen LogP) is 4.31. The van der Waals surface area contributed by atoms with Crippen molar-refractivity contribution in [1.29, 1.82) is 0 Å². The number of halogens is 3. The third-order valence-electron chi connectivity index (χ3n) is 2.57. The second-order valence-electron chi connectivity index (χ2n) is 4.53. The van der Waals surface area contributed by atoms with Gasteiger partial charge in [-0.3, -0.25) is 0 Å². The molecule has 0 saturated heterocycles. The van der Waals surface area contributed by atoms with Crippen LogP contribution >= 0.6 is 11.6 Å². The van der Waals surface area contributed by atoms with Gasteiger partial charge >= 0.3 is 0 Å². The maximum Gasteiger partial charge on any atom is 0.142 e. The molecule has 96 valence electrons. The van der Waals surface area contributed by atoms with Gasteiger partial charge in [-0.1, -0.05) is 32.4 Å². The number of benzene rings is 1. The van der Waals surface area contributed by atoms with Gasteiger partial charge in [0.05, 0.1) is 5.02 Å². The van der Waals surface area contributed by atoms with Gasteiger partial charge in [0.25, 0.3) is 0 Å². The van der Waals surface area contributed by atoms with Crippen molar-refractivity contribution in [2.24, 2.45) is 5.92 Å². The van der Waals surface area contributed by atoms with Crippen LogP contribution in [0.4, 0.5) is 8.78 Å². The van der Waals surface area contributed by atoms with E-state index in [1.54, 1.807) is 0 Å². The first-order chi connectivity index (χ1) is 7.95. The molecule has 0 aliphatic carbocycles. The number of rotatable bonds is 5. The molecule has 1 atom stereocenters. The third kappa shape index (κ3) is 3.93. The van der Waals surface area contributed by atoms with Crippen LogP contribution in [-0.4, -0.2) is 6.54 Å². The zero-order valence-corrected chi connectivity index (χ0v) is 11.1. The summed E-state index contributed by atoms with van der Waals surface area (Å²) in [6, 6.07) is 2.05. The van der Waals surface area contributed by atoms with Gasteiger partial charge in [0, 0.05) is 11.6 Å². The Labute approximate surface area is 106 Å². The maximum absolute atomic E-state index is 13.8. The zero-order valence-electron chi connectivity index (χ0n) is 10.4. The van der Waals surface area contributed by atoms with Crippen molar-refractivity contribution in [3.63, 3.8) is 0 Å². The van der Waals surface area contributed by atoms with Gasteiger partial charge in [-0.2, -0.15) is 0 Å². The number of hydrogen-bond acceptors (Lipinski definition) is 1. The van der Waals surface area contributed by atoms with Crippen molar-refractivity contribution < 1.29 is 8.78 Å². The smallest absolute Gasteiger partial charge is 0.142 e. The molecule has 0 radical (unpaired) electrons. The fourth-order valence-corrected chi connectivity index (χ4v) is 1.99. The van der Waals surface area contributed by atoms with E-state index in [9.17, 15) is 8.78 Å². The summed E-state index contributed by atoms with van der Waals surface area (Å²) >= 11 is 5.54. The minimum absolute atomic E-state index is 0.174. The molecule has 0 bridgehead atoms. The van der Waals surface area contributed by atoms with Crippen LogP contribution in [0.25, 0.3) is 0 Å². The van der Waals surface area contributed by atoms with E-state index >= 15 is 0 Å². The van der Waals surface area contributed by atoms with Crippen molar-refractivity contribution in [2.75, 3.05) is 6.54 Å². The summed E-state index contributed by atoms with van der Waals surface area (Å²) in [6.07, 6.45) is 0.756.